The molecule has 5 heteroatoms. The molecule has 0 radical (unpaired) electrons. The molecule has 1 N–H and O–H groups in total. The van der Waals surface area contributed by atoms with E-state index >= 15 is 0 Å². The highest BCUT2D eigenvalue weighted by Gasteiger charge is 2.24. The van der Waals surface area contributed by atoms with Crippen LogP contribution in [0, 0.1) is 11.7 Å². The largest absolute Gasteiger partial charge is 0.494 e. The number of nitrogens with zero attached hydrogens (tertiary/aromatic N) is 1. The Morgan fingerprint density at radius 3 is 2.67 bits per heavy atom. The smallest absolute Gasteiger partial charge is 0.306 e. The molecular weight excluding hydrogens is 237 g/mol. The zero-order valence-corrected chi connectivity index (χ0v) is 10.2. The number of hydrogen-bond acceptors (Lipinski definition) is 3. The summed E-state index contributed by atoms with van der Waals surface area (Å²) in [6.07, 6.45) is 1.24. The highest BCUT2D eigenvalue weighted by Crippen LogP contribution is 2.28. The number of benzene rings is 1. The summed E-state index contributed by atoms with van der Waals surface area (Å²) in [5, 5.41) is 8.93. The van der Waals surface area contributed by atoms with Crippen LogP contribution >= 0.6 is 0 Å². The van der Waals surface area contributed by atoms with E-state index in [9.17, 15) is 9.18 Å². The summed E-state index contributed by atoms with van der Waals surface area (Å²) in [5.74, 6) is -1.16. The molecule has 1 aliphatic heterocycles. The van der Waals surface area contributed by atoms with Gasteiger partial charge >= 0.3 is 5.97 Å². The Morgan fingerprint density at radius 2 is 2.11 bits per heavy atom. The maximum Gasteiger partial charge on any atom is 0.306 e. The molecule has 0 aromatic heterocycles. The van der Waals surface area contributed by atoms with Crippen molar-refractivity contribution >= 4 is 11.7 Å². The lowest BCUT2D eigenvalue weighted by molar-refractivity contribution is -0.142. The number of carboxylic acid groups (broad SMARTS) is 1. The summed E-state index contributed by atoms with van der Waals surface area (Å²) < 4.78 is 18.2. The monoisotopic (exact) mass is 253 g/mol. The van der Waals surface area contributed by atoms with Crippen LogP contribution in [0.4, 0.5) is 10.1 Å². The van der Waals surface area contributed by atoms with Gasteiger partial charge in [-0.1, -0.05) is 0 Å². The molecule has 0 atom stereocenters. The maximum atomic E-state index is 13.3. The molecule has 1 aromatic rings. The number of carboxylic acids is 1. The molecule has 0 amide bonds. The fraction of sp³-hybridized carbons (Fsp3) is 0.462. The fourth-order valence-corrected chi connectivity index (χ4v) is 2.23. The van der Waals surface area contributed by atoms with Crippen molar-refractivity contribution in [2.75, 3.05) is 25.1 Å². The van der Waals surface area contributed by atoms with Crippen molar-refractivity contribution in [3.63, 3.8) is 0 Å². The number of anilines is 1. The van der Waals surface area contributed by atoms with Gasteiger partial charge in [0.2, 0.25) is 0 Å². The number of aliphatic carboxylic acids is 1. The number of halogens is 1. The molecule has 0 unspecified atom stereocenters. The summed E-state index contributed by atoms with van der Waals surface area (Å²) >= 11 is 0. The molecule has 0 spiro atoms. The molecule has 0 aliphatic carbocycles. The van der Waals surface area contributed by atoms with Crippen molar-refractivity contribution in [1.82, 2.24) is 0 Å². The predicted molar refractivity (Wildman–Crippen MR) is 65.5 cm³/mol. The van der Waals surface area contributed by atoms with Crippen molar-refractivity contribution < 1.29 is 19.0 Å². The third-order valence-electron chi connectivity index (χ3n) is 3.34. The van der Waals surface area contributed by atoms with E-state index in [1.807, 2.05) is 0 Å². The van der Waals surface area contributed by atoms with Crippen LogP contribution in [0.15, 0.2) is 18.2 Å². The average Bonchev–Trinajstić information content (AvgIpc) is 2.39. The number of rotatable bonds is 3. The third-order valence-corrected chi connectivity index (χ3v) is 3.34. The number of piperidine rings is 1. The first kappa shape index (κ1) is 12.7. The van der Waals surface area contributed by atoms with Gasteiger partial charge < -0.3 is 14.7 Å². The van der Waals surface area contributed by atoms with Crippen LogP contribution in [0.2, 0.25) is 0 Å². The quantitative estimate of drug-likeness (QED) is 0.896. The Balaban J connectivity index is 2.07. The van der Waals surface area contributed by atoms with Gasteiger partial charge in [-0.3, -0.25) is 4.79 Å². The number of methoxy groups -OCH3 is 1. The van der Waals surface area contributed by atoms with Gasteiger partial charge in [0, 0.05) is 24.8 Å². The van der Waals surface area contributed by atoms with Crippen LogP contribution < -0.4 is 9.64 Å². The third kappa shape index (κ3) is 2.55. The van der Waals surface area contributed by atoms with Crippen molar-refractivity contribution in [1.29, 1.82) is 0 Å². The first-order valence-electron chi connectivity index (χ1n) is 5.93. The minimum atomic E-state index is -0.730. The molecule has 0 bridgehead atoms. The average molecular weight is 253 g/mol. The lowest BCUT2D eigenvalue weighted by atomic mass is 9.97. The SMILES string of the molecule is COc1cc(N2CCC(C(=O)O)CC2)ccc1F. The van der Waals surface area contributed by atoms with Crippen LogP contribution in [-0.2, 0) is 4.79 Å². The van der Waals surface area contributed by atoms with E-state index in [4.69, 9.17) is 9.84 Å². The first-order valence-corrected chi connectivity index (χ1v) is 5.93. The molecule has 2 rings (SSSR count). The number of carbonyl (C=O) groups is 1. The molecule has 1 heterocycles. The topological polar surface area (TPSA) is 49.8 Å². The molecule has 1 fully saturated rings. The second-order valence-electron chi connectivity index (χ2n) is 4.42. The molecular formula is C13H16FNO3. The second kappa shape index (κ2) is 5.25. The van der Waals surface area contributed by atoms with Gasteiger partial charge in [-0.25, -0.2) is 4.39 Å². The lowest BCUT2D eigenvalue weighted by Crippen LogP contribution is -2.36. The zero-order valence-electron chi connectivity index (χ0n) is 10.2. The summed E-state index contributed by atoms with van der Waals surface area (Å²) in [6, 6.07) is 4.72. The first-order chi connectivity index (χ1) is 8.61. The number of hydrogen-bond donors (Lipinski definition) is 1. The van der Waals surface area contributed by atoms with E-state index in [0.29, 0.717) is 25.9 Å². The minimum Gasteiger partial charge on any atom is -0.494 e. The van der Waals surface area contributed by atoms with E-state index < -0.39 is 5.97 Å². The van der Waals surface area contributed by atoms with Crippen LogP contribution in [0.5, 0.6) is 5.75 Å². The van der Waals surface area contributed by atoms with E-state index in [1.54, 1.807) is 12.1 Å². The normalized spacial score (nSPS) is 16.7. The molecule has 98 valence electrons. The van der Waals surface area contributed by atoms with E-state index in [-0.39, 0.29) is 17.5 Å². The van der Waals surface area contributed by atoms with Crippen LogP contribution in [0.25, 0.3) is 0 Å². The Morgan fingerprint density at radius 1 is 1.44 bits per heavy atom. The summed E-state index contributed by atoms with van der Waals surface area (Å²) in [6.45, 7) is 1.34. The van der Waals surface area contributed by atoms with Gasteiger partial charge in [0.05, 0.1) is 13.0 Å². The number of ether oxygens (including phenoxy) is 1. The summed E-state index contributed by atoms with van der Waals surface area (Å²) in [7, 11) is 1.43. The van der Waals surface area contributed by atoms with Crippen molar-refractivity contribution in [2.45, 2.75) is 12.8 Å². The van der Waals surface area contributed by atoms with E-state index in [0.717, 1.165) is 5.69 Å². The fourth-order valence-electron chi connectivity index (χ4n) is 2.23. The molecule has 4 nitrogen and oxygen atoms in total. The van der Waals surface area contributed by atoms with E-state index in [2.05, 4.69) is 4.90 Å². The Kier molecular flexibility index (Phi) is 3.69. The molecule has 1 saturated heterocycles. The van der Waals surface area contributed by atoms with Gasteiger partial charge in [0.25, 0.3) is 0 Å². The van der Waals surface area contributed by atoms with Gasteiger partial charge in [-0.05, 0) is 25.0 Å². The Hall–Kier alpha value is -1.78. The maximum absolute atomic E-state index is 13.3. The van der Waals surface area contributed by atoms with Gasteiger partial charge in [-0.2, -0.15) is 0 Å². The molecule has 1 aromatic carbocycles. The minimum absolute atomic E-state index is 0.216. The second-order valence-corrected chi connectivity index (χ2v) is 4.42. The molecule has 1 aliphatic rings. The Bertz CT molecular complexity index is 442. The molecule has 0 saturated carbocycles. The van der Waals surface area contributed by atoms with Crippen LogP contribution in [0.1, 0.15) is 12.8 Å². The predicted octanol–water partition coefficient (Wildman–Crippen LogP) is 2.14. The van der Waals surface area contributed by atoms with Gasteiger partial charge in [-0.15, -0.1) is 0 Å². The van der Waals surface area contributed by atoms with Crippen molar-refractivity contribution in [2.24, 2.45) is 5.92 Å². The molecule has 18 heavy (non-hydrogen) atoms. The highest BCUT2D eigenvalue weighted by atomic mass is 19.1. The van der Waals surface area contributed by atoms with Gasteiger partial charge in [0.15, 0.2) is 11.6 Å². The van der Waals surface area contributed by atoms with E-state index in [1.165, 1.54) is 13.2 Å². The van der Waals surface area contributed by atoms with Crippen molar-refractivity contribution in [3.8, 4) is 5.75 Å². The van der Waals surface area contributed by atoms with Gasteiger partial charge in [0.1, 0.15) is 0 Å². The zero-order chi connectivity index (χ0) is 13.1. The lowest BCUT2D eigenvalue weighted by Gasteiger charge is -2.32. The standard InChI is InChI=1S/C13H16FNO3/c1-18-12-8-10(2-3-11(12)14)15-6-4-9(5-7-15)13(16)17/h2-3,8-9H,4-7H2,1H3,(H,16,17). The Labute approximate surface area is 105 Å². The van der Waals surface area contributed by atoms with Crippen LogP contribution in [-0.4, -0.2) is 31.3 Å². The summed E-state index contributed by atoms with van der Waals surface area (Å²) in [4.78, 5) is 12.9. The summed E-state index contributed by atoms with van der Waals surface area (Å²) in [5.41, 5.74) is 0.872. The van der Waals surface area contributed by atoms with Crippen LogP contribution in [0.3, 0.4) is 0 Å². The highest BCUT2D eigenvalue weighted by molar-refractivity contribution is 5.70. The van der Waals surface area contributed by atoms with Crippen molar-refractivity contribution in [3.05, 3.63) is 24.0 Å².